The third-order valence-corrected chi connectivity index (χ3v) is 3.61. The lowest BCUT2D eigenvalue weighted by molar-refractivity contribution is 0.524. The average Bonchev–Trinajstić information content (AvgIpc) is 2.42. The molecule has 0 aliphatic carbocycles. The molecule has 112 valence electrons. The van der Waals surface area contributed by atoms with E-state index in [0.29, 0.717) is 0 Å². The van der Waals surface area contributed by atoms with E-state index >= 15 is 0 Å². The van der Waals surface area contributed by atoms with Crippen molar-refractivity contribution in [2.75, 3.05) is 6.54 Å². The minimum absolute atomic E-state index is 0.154. The summed E-state index contributed by atoms with van der Waals surface area (Å²) in [7, 11) is 0. The van der Waals surface area contributed by atoms with E-state index in [1.807, 2.05) is 6.07 Å². The Morgan fingerprint density at radius 2 is 1.76 bits per heavy atom. The zero-order chi connectivity index (χ0) is 15.2. The highest BCUT2D eigenvalue weighted by Crippen LogP contribution is 2.21. The van der Waals surface area contributed by atoms with Crippen LogP contribution in [0.2, 0.25) is 0 Å². The van der Waals surface area contributed by atoms with Gasteiger partial charge in [-0.15, -0.1) is 0 Å². The second-order valence-corrected chi connectivity index (χ2v) is 5.76. The van der Waals surface area contributed by atoms with E-state index in [1.165, 1.54) is 22.8 Å². The second-order valence-electron chi connectivity index (χ2n) is 5.76. The first kappa shape index (κ1) is 15.7. The van der Waals surface area contributed by atoms with Gasteiger partial charge in [-0.3, -0.25) is 0 Å². The van der Waals surface area contributed by atoms with Gasteiger partial charge < -0.3 is 5.32 Å². The van der Waals surface area contributed by atoms with Crippen LogP contribution >= 0.6 is 0 Å². The van der Waals surface area contributed by atoms with Gasteiger partial charge in [-0.05, 0) is 56.5 Å². The largest absolute Gasteiger partial charge is 0.310 e. The summed E-state index contributed by atoms with van der Waals surface area (Å²) in [6.45, 7) is 7.32. The quantitative estimate of drug-likeness (QED) is 0.809. The van der Waals surface area contributed by atoms with E-state index in [0.717, 1.165) is 24.9 Å². The van der Waals surface area contributed by atoms with Crippen LogP contribution < -0.4 is 5.32 Å². The number of benzene rings is 2. The molecule has 2 aromatic rings. The van der Waals surface area contributed by atoms with Gasteiger partial charge in [0, 0.05) is 6.04 Å². The lowest BCUT2D eigenvalue weighted by Crippen LogP contribution is -2.24. The van der Waals surface area contributed by atoms with Crippen LogP contribution in [-0.2, 0) is 6.42 Å². The molecule has 1 N–H and O–H groups in total. The van der Waals surface area contributed by atoms with Gasteiger partial charge in [-0.1, -0.05) is 48.4 Å². The van der Waals surface area contributed by atoms with Gasteiger partial charge in [0.1, 0.15) is 5.82 Å². The Hall–Kier alpha value is -1.67. The number of rotatable bonds is 6. The van der Waals surface area contributed by atoms with Crippen LogP contribution in [0.15, 0.2) is 42.5 Å². The summed E-state index contributed by atoms with van der Waals surface area (Å²) in [5, 5.41) is 3.53. The van der Waals surface area contributed by atoms with Gasteiger partial charge >= 0.3 is 0 Å². The van der Waals surface area contributed by atoms with Gasteiger partial charge in [0.05, 0.1) is 0 Å². The molecule has 0 amide bonds. The zero-order valence-corrected chi connectivity index (χ0v) is 13.1. The van der Waals surface area contributed by atoms with Crippen molar-refractivity contribution in [1.29, 1.82) is 0 Å². The van der Waals surface area contributed by atoms with Crippen LogP contribution in [0.25, 0.3) is 0 Å². The summed E-state index contributed by atoms with van der Waals surface area (Å²) in [5.74, 6) is -0.170. The summed E-state index contributed by atoms with van der Waals surface area (Å²) in [6, 6.07) is 13.7. The molecule has 0 heterocycles. The summed E-state index contributed by atoms with van der Waals surface area (Å²) in [6.07, 6.45) is 1.95. The predicted molar refractivity (Wildman–Crippen MR) is 87.1 cm³/mol. The average molecular weight is 285 g/mol. The first-order valence-electron chi connectivity index (χ1n) is 7.64. The van der Waals surface area contributed by atoms with Gasteiger partial charge in [0.15, 0.2) is 0 Å². The minimum Gasteiger partial charge on any atom is -0.310 e. The molecule has 0 aliphatic heterocycles. The minimum atomic E-state index is -0.170. The van der Waals surface area contributed by atoms with Crippen molar-refractivity contribution in [3.63, 3.8) is 0 Å². The first-order chi connectivity index (χ1) is 10.1. The molecule has 1 unspecified atom stereocenters. The van der Waals surface area contributed by atoms with Crippen molar-refractivity contribution in [3.8, 4) is 0 Å². The SMILES string of the molecule is CCCNC(Cc1cc(C)cc(C)c1)c1cccc(F)c1. The molecule has 1 nitrogen and oxygen atoms in total. The number of hydrogen-bond acceptors (Lipinski definition) is 1. The highest BCUT2D eigenvalue weighted by molar-refractivity contribution is 5.31. The molecule has 2 heteroatoms. The fraction of sp³-hybridized carbons (Fsp3) is 0.368. The normalized spacial score (nSPS) is 12.4. The summed E-state index contributed by atoms with van der Waals surface area (Å²) in [5.41, 5.74) is 4.87. The molecule has 0 aromatic heterocycles. The maximum Gasteiger partial charge on any atom is 0.123 e. The van der Waals surface area contributed by atoms with Gasteiger partial charge in [-0.25, -0.2) is 4.39 Å². The Morgan fingerprint density at radius 1 is 1.05 bits per heavy atom. The Labute approximate surface area is 127 Å². The molecular formula is C19H24FN. The van der Waals surface area contributed by atoms with Crippen molar-refractivity contribution in [3.05, 3.63) is 70.5 Å². The van der Waals surface area contributed by atoms with Crippen LogP contribution in [0.5, 0.6) is 0 Å². The molecule has 0 radical (unpaired) electrons. The molecular weight excluding hydrogens is 261 g/mol. The lowest BCUT2D eigenvalue weighted by atomic mass is 9.96. The second kappa shape index (κ2) is 7.37. The van der Waals surface area contributed by atoms with Gasteiger partial charge in [-0.2, -0.15) is 0 Å². The Bertz CT molecular complexity index is 572. The van der Waals surface area contributed by atoms with Crippen LogP contribution in [0.1, 0.15) is 41.6 Å². The van der Waals surface area contributed by atoms with Crippen molar-refractivity contribution in [1.82, 2.24) is 5.32 Å². The molecule has 1 atom stereocenters. The smallest absolute Gasteiger partial charge is 0.123 e. The molecule has 0 fully saturated rings. The zero-order valence-electron chi connectivity index (χ0n) is 13.1. The monoisotopic (exact) mass is 285 g/mol. The molecule has 2 rings (SSSR count). The van der Waals surface area contributed by atoms with Crippen molar-refractivity contribution >= 4 is 0 Å². The van der Waals surface area contributed by atoms with Crippen molar-refractivity contribution < 1.29 is 4.39 Å². The Balaban J connectivity index is 2.23. The van der Waals surface area contributed by atoms with E-state index in [9.17, 15) is 4.39 Å². The summed E-state index contributed by atoms with van der Waals surface area (Å²) in [4.78, 5) is 0. The molecule has 0 saturated heterocycles. The van der Waals surface area contributed by atoms with E-state index in [4.69, 9.17) is 0 Å². The Morgan fingerprint density at radius 3 is 2.38 bits per heavy atom. The maximum absolute atomic E-state index is 13.5. The molecule has 21 heavy (non-hydrogen) atoms. The van der Waals surface area contributed by atoms with Gasteiger partial charge in [0.25, 0.3) is 0 Å². The van der Waals surface area contributed by atoms with Crippen molar-refractivity contribution in [2.24, 2.45) is 0 Å². The third kappa shape index (κ3) is 4.68. The number of hydrogen-bond donors (Lipinski definition) is 1. The Kier molecular flexibility index (Phi) is 5.51. The van der Waals surface area contributed by atoms with E-state index in [2.05, 4.69) is 44.3 Å². The molecule has 0 saturated carbocycles. The predicted octanol–water partition coefficient (Wildman–Crippen LogP) is 4.73. The standard InChI is InChI=1S/C19H24FN/c1-4-8-21-19(17-6-5-7-18(20)13-17)12-16-10-14(2)9-15(3)11-16/h5-7,9-11,13,19,21H,4,8,12H2,1-3H3. The lowest BCUT2D eigenvalue weighted by Gasteiger charge is -2.20. The summed E-state index contributed by atoms with van der Waals surface area (Å²) < 4.78 is 13.5. The van der Waals surface area contributed by atoms with Crippen LogP contribution in [-0.4, -0.2) is 6.54 Å². The van der Waals surface area contributed by atoms with E-state index in [-0.39, 0.29) is 11.9 Å². The first-order valence-corrected chi connectivity index (χ1v) is 7.64. The maximum atomic E-state index is 13.5. The van der Waals surface area contributed by atoms with Gasteiger partial charge in [0.2, 0.25) is 0 Å². The molecule has 0 bridgehead atoms. The molecule has 0 spiro atoms. The van der Waals surface area contributed by atoms with Crippen LogP contribution in [0.3, 0.4) is 0 Å². The molecule has 2 aromatic carbocycles. The topological polar surface area (TPSA) is 12.0 Å². The number of halogens is 1. The highest BCUT2D eigenvalue weighted by atomic mass is 19.1. The fourth-order valence-electron chi connectivity index (χ4n) is 2.77. The van der Waals surface area contributed by atoms with Crippen LogP contribution in [0, 0.1) is 19.7 Å². The number of aryl methyl sites for hydroxylation is 2. The van der Waals surface area contributed by atoms with Crippen LogP contribution in [0.4, 0.5) is 4.39 Å². The molecule has 0 aliphatic rings. The fourth-order valence-corrected chi connectivity index (χ4v) is 2.77. The third-order valence-electron chi connectivity index (χ3n) is 3.61. The van der Waals surface area contributed by atoms with E-state index < -0.39 is 0 Å². The summed E-state index contributed by atoms with van der Waals surface area (Å²) >= 11 is 0. The number of nitrogens with one attached hydrogen (secondary N) is 1. The van der Waals surface area contributed by atoms with Crippen molar-refractivity contribution in [2.45, 2.75) is 39.7 Å². The highest BCUT2D eigenvalue weighted by Gasteiger charge is 2.12. The van der Waals surface area contributed by atoms with E-state index in [1.54, 1.807) is 12.1 Å².